The summed E-state index contributed by atoms with van der Waals surface area (Å²) < 4.78 is 5.20. The first kappa shape index (κ1) is 15.1. The molecule has 21 heavy (non-hydrogen) atoms. The quantitative estimate of drug-likeness (QED) is 0.908. The highest BCUT2D eigenvalue weighted by Crippen LogP contribution is 2.19. The Bertz CT molecular complexity index is 583. The molecule has 0 bridgehead atoms. The Morgan fingerprint density at radius 1 is 0.952 bits per heavy atom. The van der Waals surface area contributed by atoms with Gasteiger partial charge in [0, 0.05) is 6.54 Å². The molecule has 0 aliphatic rings. The second kappa shape index (κ2) is 6.44. The molecule has 0 aliphatic heterocycles. The largest absolute Gasteiger partial charge is 0.444 e. The van der Waals surface area contributed by atoms with Crippen molar-refractivity contribution in [3.63, 3.8) is 0 Å². The van der Waals surface area contributed by atoms with E-state index in [1.54, 1.807) is 0 Å². The summed E-state index contributed by atoms with van der Waals surface area (Å²) in [6, 6.07) is 18.3. The summed E-state index contributed by atoms with van der Waals surface area (Å²) in [6.45, 7) is 6.01. The van der Waals surface area contributed by atoms with Crippen LogP contribution in [-0.4, -0.2) is 11.7 Å². The standard InChI is InChI=1S/C18H21NO2/c1-18(2,3)21-17(20)19-13-14-9-11-16(12-10-14)15-7-5-4-6-8-15/h4-12H,13H2,1-3H3,(H,19,20). The number of rotatable bonds is 3. The molecule has 3 heteroatoms. The maximum Gasteiger partial charge on any atom is 0.407 e. The molecule has 0 heterocycles. The molecule has 1 N–H and O–H groups in total. The van der Waals surface area contributed by atoms with Gasteiger partial charge in [-0.15, -0.1) is 0 Å². The molecule has 0 spiro atoms. The van der Waals surface area contributed by atoms with Crippen LogP contribution < -0.4 is 5.32 Å². The molecule has 0 radical (unpaired) electrons. The first-order chi connectivity index (χ1) is 9.94. The summed E-state index contributed by atoms with van der Waals surface area (Å²) in [7, 11) is 0. The second-order valence-corrected chi connectivity index (χ2v) is 5.92. The Morgan fingerprint density at radius 2 is 1.52 bits per heavy atom. The van der Waals surface area contributed by atoms with E-state index >= 15 is 0 Å². The van der Waals surface area contributed by atoms with Gasteiger partial charge in [0.1, 0.15) is 5.60 Å². The number of hydrogen-bond acceptors (Lipinski definition) is 2. The predicted molar refractivity (Wildman–Crippen MR) is 85.0 cm³/mol. The van der Waals surface area contributed by atoms with Crippen molar-refractivity contribution in [2.24, 2.45) is 0 Å². The molecule has 3 nitrogen and oxygen atoms in total. The minimum Gasteiger partial charge on any atom is -0.444 e. The van der Waals surface area contributed by atoms with Crippen molar-refractivity contribution in [3.8, 4) is 11.1 Å². The first-order valence-corrected chi connectivity index (χ1v) is 7.05. The van der Waals surface area contributed by atoms with Crippen LogP contribution in [-0.2, 0) is 11.3 Å². The molecule has 0 unspecified atom stereocenters. The average Bonchev–Trinajstić information content (AvgIpc) is 2.45. The normalized spacial score (nSPS) is 11.0. The van der Waals surface area contributed by atoms with Gasteiger partial charge in [-0.2, -0.15) is 0 Å². The van der Waals surface area contributed by atoms with E-state index in [2.05, 4.69) is 29.6 Å². The zero-order valence-electron chi connectivity index (χ0n) is 12.7. The number of alkyl carbamates (subject to hydrolysis) is 1. The Labute approximate surface area is 126 Å². The van der Waals surface area contributed by atoms with Crippen molar-refractivity contribution in [2.75, 3.05) is 0 Å². The Balaban J connectivity index is 1.93. The van der Waals surface area contributed by atoms with Gasteiger partial charge in [0.2, 0.25) is 0 Å². The molecule has 2 aromatic rings. The number of carbonyl (C=O) groups is 1. The van der Waals surface area contributed by atoms with Crippen LogP contribution in [0.3, 0.4) is 0 Å². The van der Waals surface area contributed by atoms with Crippen LogP contribution in [0, 0.1) is 0 Å². The van der Waals surface area contributed by atoms with Crippen LogP contribution in [0.1, 0.15) is 26.3 Å². The molecule has 1 amide bonds. The molecule has 0 aliphatic carbocycles. The van der Waals surface area contributed by atoms with Crippen LogP contribution >= 0.6 is 0 Å². The number of benzene rings is 2. The molecule has 2 aromatic carbocycles. The summed E-state index contributed by atoms with van der Waals surface area (Å²) in [5, 5.41) is 2.75. The lowest BCUT2D eigenvalue weighted by molar-refractivity contribution is 0.0523. The predicted octanol–water partition coefficient (Wildman–Crippen LogP) is 4.38. The van der Waals surface area contributed by atoms with Gasteiger partial charge in [-0.3, -0.25) is 0 Å². The first-order valence-electron chi connectivity index (χ1n) is 7.05. The molecule has 0 saturated heterocycles. The maximum absolute atomic E-state index is 11.6. The molecule has 2 rings (SSSR count). The summed E-state index contributed by atoms with van der Waals surface area (Å²) in [6.07, 6.45) is -0.394. The second-order valence-electron chi connectivity index (χ2n) is 5.92. The summed E-state index contributed by atoms with van der Waals surface area (Å²) in [5.74, 6) is 0. The maximum atomic E-state index is 11.6. The van der Waals surface area contributed by atoms with Crippen molar-refractivity contribution in [1.82, 2.24) is 5.32 Å². The van der Waals surface area contributed by atoms with E-state index in [1.807, 2.05) is 51.1 Å². The Kier molecular flexibility index (Phi) is 4.63. The SMILES string of the molecule is CC(C)(C)OC(=O)NCc1ccc(-c2ccccc2)cc1. The zero-order chi connectivity index (χ0) is 15.3. The number of hydrogen-bond donors (Lipinski definition) is 1. The van der Waals surface area contributed by atoms with Gasteiger partial charge in [-0.05, 0) is 37.5 Å². The fraction of sp³-hybridized carbons (Fsp3) is 0.278. The van der Waals surface area contributed by atoms with Crippen molar-refractivity contribution in [2.45, 2.75) is 32.9 Å². The van der Waals surface area contributed by atoms with Gasteiger partial charge in [0.25, 0.3) is 0 Å². The van der Waals surface area contributed by atoms with Crippen molar-refractivity contribution < 1.29 is 9.53 Å². The van der Waals surface area contributed by atoms with Crippen LogP contribution in [0.15, 0.2) is 54.6 Å². The number of carbonyl (C=O) groups excluding carboxylic acids is 1. The van der Waals surface area contributed by atoms with Crippen LogP contribution in [0.25, 0.3) is 11.1 Å². The number of nitrogens with one attached hydrogen (secondary N) is 1. The molecule has 110 valence electrons. The lowest BCUT2D eigenvalue weighted by Crippen LogP contribution is -2.32. The highest BCUT2D eigenvalue weighted by Gasteiger charge is 2.15. The van der Waals surface area contributed by atoms with Crippen molar-refractivity contribution in [3.05, 3.63) is 60.2 Å². The molecular formula is C18H21NO2. The summed E-state index contributed by atoms with van der Waals surface area (Å²) in [4.78, 5) is 11.6. The topological polar surface area (TPSA) is 38.3 Å². The lowest BCUT2D eigenvalue weighted by Gasteiger charge is -2.19. The third-order valence-corrected chi connectivity index (χ3v) is 2.90. The van der Waals surface area contributed by atoms with E-state index in [0.717, 1.165) is 11.1 Å². The Hall–Kier alpha value is -2.29. The third-order valence-electron chi connectivity index (χ3n) is 2.90. The number of ether oxygens (including phenoxy) is 1. The third kappa shape index (κ3) is 4.95. The van der Waals surface area contributed by atoms with E-state index < -0.39 is 11.7 Å². The Morgan fingerprint density at radius 3 is 2.10 bits per heavy atom. The monoisotopic (exact) mass is 283 g/mol. The van der Waals surface area contributed by atoms with E-state index in [9.17, 15) is 4.79 Å². The number of amides is 1. The lowest BCUT2D eigenvalue weighted by atomic mass is 10.0. The van der Waals surface area contributed by atoms with Gasteiger partial charge < -0.3 is 10.1 Å². The van der Waals surface area contributed by atoms with E-state index in [-0.39, 0.29) is 0 Å². The smallest absolute Gasteiger partial charge is 0.407 e. The van der Waals surface area contributed by atoms with Crippen LogP contribution in [0.5, 0.6) is 0 Å². The average molecular weight is 283 g/mol. The van der Waals surface area contributed by atoms with Crippen LogP contribution in [0.2, 0.25) is 0 Å². The molecule has 0 fully saturated rings. The minimum absolute atomic E-state index is 0.394. The molecule has 0 atom stereocenters. The van der Waals surface area contributed by atoms with Gasteiger partial charge >= 0.3 is 6.09 Å². The van der Waals surface area contributed by atoms with Gasteiger partial charge in [-0.25, -0.2) is 4.79 Å². The highest BCUT2D eigenvalue weighted by atomic mass is 16.6. The van der Waals surface area contributed by atoms with Crippen LogP contribution in [0.4, 0.5) is 4.79 Å². The minimum atomic E-state index is -0.471. The van der Waals surface area contributed by atoms with E-state index in [4.69, 9.17) is 4.74 Å². The van der Waals surface area contributed by atoms with E-state index in [0.29, 0.717) is 6.54 Å². The molecule has 0 saturated carbocycles. The van der Waals surface area contributed by atoms with Crippen molar-refractivity contribution >= 4 is 6.09 Å². The zero-order valence-corrected chi connectivity index (χ0v) is 12.7. The van der Waals surface area contributed by atoms with Crippen molar-refractivity contribution in [1.29, 1.82) is 0 Å². The van der Waals surface area contributed by atoms with Gasteiger partial charge in [-0.1, -0.05) is 54.6 Å². The molecular weight excluding hydrogens is 262 g/mol. The van der Waals surface area contributed by atoms with E-state index in [1.165, 1.54) is 5.56 Å². The highest BCUT2D eigenvalue weighted by molar-refractivity contribution is 5.68. The fourth-order valence-electron chi connectivity index (χ4n) is 1.93. The van der Waals surface area contributed by atoms with Gasteiger partial charge in [0.15, 0.2) is 0 Å². The summed E-state index contributed by atoms with van der Waals surface area (Å²) in [5.41, 5.74) is 2.92. The van der Waals surface area contributed by atoms with Gasteiger partial charge in [0.05, 0.1) is 0 Å². The molecule has 0 aromatic heterocycles. The fourth-order valence-corrected chi connectivity index (χ4v) is 1.93. The summed E-state index contributed by atoms with van der Waals surface area (Å²) >= 11 is 0.